The van der Waals surface area contributed by atoms with Crippen molar-refractivity contribution in [2.24, 2.45) is 0 Å². The van der Waals surface area contributed by atoms with Gasteiger partial charge in [0.05, 0.1) is 17.2 Å². The smallest absolute Gasteiger partial charge is 0.396 e. The summed E-state index contributed by atoms with van der Waals surface area (Å²) in [5, 5.41) is 9.90. The van der Waals surface area contributed by atoms with Gasteiger partial charge in [0.1, 0.15) is 0 Å². The minimum atomic E-state index is -4.30. The van der Waals surface area contributed by atoms with E-state index in [1.807, 2.05) is 6.92 Å². The number of halogens is 3. The number of aliphatic hydroxyl groups excluding tert-OH is 1. The van der Waals surface area contributed by atoms with E-state index in [1.54, 1.807) is 6.20 Å². The van der Waals surface area contributed by atoms with Gasteiger partial charge in [-0.2, -0.15) is 13.2 Å². The lowest BCUT2D eigenvalue weighted by Gasteiger charge is -2.06. The standard InChI is InChI=1S/C14H14F3NOS/c1-9(8-19)12-7-18-13(20-12)6-10-2-4-11(5-3-10)14(15,16)17/h2-5,7,9,19H,6,8H2,1H3. The van der Waals surface area contributed by atoms with Crippen LogP contribution in [0.5, 0.6) is 0 Å². The van der Waals surface area contributed by atoms with Crippen LogP contribution in [0.2, 0.25) is 0 Å². The SMILES string of the molecule is CC(CO)c1cnc(Cc2ccc(C(F)(F)F)cc2)s1. The third-order valence-electron chi connectivity index (χ3n) is 2.97. The first-order valence-corrected chi connectivity index (χ1v) is 6.93. The number of benzene rings is 1. The fraction of sp³-hybridized carbons (Fsp3) is 0.357. The van der Waals surface area contributed by atoms with Gasteiger partial charge in [-0.15, -0.1) is 11.3 Å². The Balaban J connectivity index is 2.08. The number of aliphatic hydroxyl groups is 1. The minimum Gasteiger partial charge on any atom is -0.396 e. The van der Waals surface area contributed by atoms with E-state index in [0.717, 1.165) is 27.6 Å². The van der Waals surface area contributed by atoms with Gasteiger partial charge < -0.3 is 5.11 Å². The molecule has 20 heavy (non-hydrogen) atoms. The van der Waals surface area contributed by atoms with Crippen molar-refractivity contribution in [3.63, 3.8) is 0 Å². The third-order valence-corrected chi connectivity index (χ3v) is 4.20. The van der Waals surface area contributed by atoms with Gasteiger partial charge in [-0.3, -0.25) is 0 Å². The molecule has 2 nitrogen and oxygen atoms in total. The normalized spacial score (nSPS) is 13.4. The Morgan fingerprint density at radius 1 is 1.25 bits per heavy atom. The molecule has 1 atom stereocenters. The maximum absolute atomic E-state index is 12.4. The zero-order valence-corrected chi connectivity index (χ0v) is 11.6. The van der Waals surface area contributed by atoms with Gasteiger partial charge in [0.25, 0.3) is 0 Å². The molecule has 2 rings (SSSR count). The summed E-state index contributed by atoms with van der Waals surface area (Å²) < 4.78 is 37.3. The summed E-state index contributed by atoms with van der Waals surface area (Å²) in [6.45, 7) is 1.96. The second-order valence-electron chi connectivity index (χ2n) is 4.61. The van der Waals surface area contributed by atoms with Crippen molar-refractivity contribution < 1.29 is 18.3 Å². The highest BCUT2D eigenvalue weighted by molar-refractivity contribution is 7.11. The van der Waals surface area contributed by atoms with Crippen LogP contribution in [-0.2, 0) is 12.6 Å². The molecule has 0 bridgehead atoms. The van der Waals surface area contributed by atoms with Crippen LogP contribution in [0.3, 0.4) is 0 Å². The summed E-state index contributed by atoms with van der Waals surface area (Å²) in [5.41, 5.74) is 0.144. The molecule has 1 N–H and O–H groups in total. The lowest BCUT2D eigenvalue weighted by atomic mass is 10.1. The van der Waals surface area contributed by atoms with E-state index in [9.17, 15) is 13.2 Å². The Bertz CT molecular complexity index is 563. The predicted molar refractivity (Wildman–Crippen MR) is 71.9 cm³/mol. The molecule has 0 spiro atoms. The molecule has 0 amide bonds. The van der Waals surface area contributed by atoms with Crippen molar-refractivity contribution >= 4 is 11.3 Å². The van der Waals surface area contributed by atoms with E-state index in [0.29, 0.717) is 6.42 Å². The van der Waals surface area contributed by atoms with E-state index in [2.05, 4.69) is 4.98 Å². The van der Waals surface area contributed by atoms with Gasteiger partial charge in [0, 0.05) is 23.4 Å². The highest BCUT2D eigenvalue weighted by atomic mass is 32.1. The molecular weight excluding hydrogens is 287 g/mol. The van der Waals surface area contributed by atoms with Crippen LogP contribution in [0.25, 0.3) is 0 Å². The van der Waals surface area contributed by atoms with Crippen LogP contribution < -0.4 is 0 Å². The molecule has 1 unspecified atom stereocenters. The Morgan fingerprint density at radius 2 is 1.90 bits per heavy atom. The number of aromatic nitrogens is 1. The van der Waals surface area contributed by atoms with E-state index < -0.39 is 11.7 Å². The third kappa shape index (κ3) is 3.58. The molecule has 0 aliphatic heterocycles. The average Bonchev–Trinajstić information content (AvgIpc) is 2.86. The monoisotopic (exact) mass is 301 g/mol. The molecule has 1 aromatic carbocycles. The molecule has 0 fully saturated rings. The fourth-order valence-electron chi connectivity index (χ4n) is 1.71. The zero-order chi connectivity index (χ0) is 14.8. The number of thiazole rings is 1. The van der Waals surface area contributed by atoms with Crippen molar-refractivity contribution in [3.8, 4) is 0 Å². The zero-order valence-electron chi connectivity index (χ0n) is 10.8. The molecule has 2 aromatic rings. The lowest BCUT2D eigenvalue weighted by molar-refractivity contribution is -0.137. The Morgan fingerprint density at radius 3 is 2.45 bits per heavy atom. The molecule has 0 radical (unpaired) electrons. The first-order chi connectivity index (χ1) is 9.40. The van der Waals surface area contributed by atoms with Gasteiger partial charge in [0.2, 0.25) is 0 Å². The van der Waals surface area contributed by atoms with Crippen molar-refractivity contribution in [3.05, 3.63) is 51.5 Å². The van der Waals surface area contributed by atoms with Gasteiger partial charge in [-0.1, -0.05) is 19.1 Å². The number of hydrogen-bond donors (Lipinski definition) is 1. The van der Waals surface area contributed by atoms with Crippen LogP contribution in [0, 0.1) is 0 Å². The quantitative estimate of drug-likeness (QED) is 0.930. The maximum Gasteiger partial charge on any atom is 0.416 e. The minimum absolute atomic E-state index is 0.0360. The Hall–Kier alpha value is -1.40. The van der Waals surface area contributed by atoms with Crippen LogP contribution in [0.15, 0.2) is 30.5 Å². The second-order valence-corrected chi connectivity index (χ2v) is 5.76. The Kier molecular flexibility index (Phi) is 4.45. The molecule has 6 heteroatoms. The fourth-order valence-corrected chi connectivity index (χ4v) is 2.71. The van der Waals surface area contributed by atoms with E-state index in [4.69, 9.17) is 5.11 Å². The summed E-state index contributed by atoms with van der Waals surface area (Å²) in [6, 6.07) is 5.11. The van der Waals surface area contributed by atoms with Crippen LogP contribution in [-0.4, -0.2) is 16.7 Å². The molecule has 0 aliphatic carbocycles. The molecule has 1 aromatic heterocycles. The van der Waals surface area contributed by atoms with Crippen molar-refractivity contribution in [1.29, 1.82) is 0 Å². The molecule has 0 saturated heterocycles. The second kappa shape index (κ2) is 5.93. The molecular formula is C14H14F3NOS. The van der Waals surface area contributed by atoms with Gasteiger partial charge in [0.15, 0.2) is 0 Å². The lowest BCUT2D eigenvalue weighted by Crippen LogP contribution is -2.04. The summed E-state index contributed by atoms with van der Waals surface area (Å²) in [5.74, 6) is 0.0360. The van der Waals surface area contributed by atoms with Crippen molar-refractivity contribution in [1.82, 2.24) is 4.98 Å². The number of hydrogen-bond acceptors (Lipinski definition) is 3. The highest BCUT2D eigenvalue weighted by Gasteiger charge is 2.29. The largest absolute Gasteiger partial charge is 0.416 e. The van der Waals surface area contributed by atoms with E-state index >= 15 is 0 Å². The van der Waals surface area contributed by atoms with E-state index in [1.165, 1.54) is 23.5 Å². The highest BCUT2D eigenvalue weighted by Crippen LogP contribution is 2.30. The summed E-state index contributed by atoms with van der Waals surface area (Å²) in [7, 11) is 0. The van der Waals surface area contributed by atoms with E-state index in [-0.39, 0.29) is 12.5 Å². The van der Waals surface area contributed by atoms with Crippen molar-refractivity contribution in [2.75, 3.05) is 6.61 Å². The number of alkyl halides is 3. The van der Waals surface area contributed by atoms with Crippen LogP contribution in [0.1, 0.15) is 33.9 Å². The summed E-state index contributed by atoms with van der Waals surface area (Å²) >= 11 is 1.48. The van der Waals surface area contributed by atoms with Crippen LogP contribution >= 0.6 is 11.3 Å². The van der Waals surface area contributed by atoms with Gasteiger partial charge in [-0.25, -0.2) is 4.98 Å². The Labute approximate surface area is 118 Å². The predicted octanol–water partition coefficient (Wildman–Crippen LogP) is 3.85. The van der Waals surface area contributed by atoms with Crippen LogP contribution in [0.4, 0.5) is 13.2 Å². The summed E-state index contributed by atoms with van der Waals surface area (Å²) in [6.07, 6.45) is -2.09. The molecule has 1 heterocycles. The first-order valence-electron chi connectivity index (χ1n) is 6.11. The molecule has 108 valence electrons. The van der Waals surface area contributed by atoms with Crippen molar-refractivity contribution in [2.45, 2.75) is 25.4 Å². The average molecular weight is 301 g/mol. The number of nitrogens with zero attached hydrogens (tertiary/aromatic N) is 1. The topological polar surface area (TPSA) is 33.1 Å². The van der Waals surface area contributed by atoms with Gasteiger partial charge in [-0.05, 0) is 17.7 Å². The molecule has 0 aliphatic rings. The first kappa shape index (κ1) is 15.0. The molecule has 0 saturated carbocycles. The number of rotatable bonds is 4. The summed E-state index contributed by atoms with van der Waals surface area (Å²) in [4.78, 5) is 5.22. The maximum atomic E-state index is 12.4. The van der Waals surface area contributed by atoms with Gasteiger partial charge >= 0.3 is 6.18 Å².